The SMILES string of the molecule is CC/C=C/C=C/C=C/C=C/CCCCCC(=O)OC(COC(=O)CCCCCCCCCCCCCCCCCCCCCCCC)CO[C@H]1O[C@@H](CO)[C@@H](O)C(O)C1O. The van der Waals surface area contributed by atoms with Crippen LogP contribution in [-0.4, -0.2) is 89.0 Å². The van der Waals surface area contributed by atoms with Crippen LogP contribution in [0.5, 0.6) is 0 Å². The molecule has 0 spiro atoms. The lowest BCUT2D eigenvalue weighted by Crippen LogP contribution is -2.59. The van der Waals surface area contributed by atoms with Gasteiger partial charge in [-0.3, -0.25) is 9.59 Å². The number of esters is 2. The number of hydrogen-bond donors (Lipinski definition) is 4. The minimum atomic E-state index is -1.60. The Morgan fingerprint density at radius 2 is 0.983 bits per heavy atom. The van der Waals surface area contributed by atoms with Gasteiger partial charge in [0.05, 0.1) is 13.2 Å². The molecular formula is C50H88O10. The third kappa shape index (κ3) is 31.5. The van der Waals surface area contributed by atoms with Crippen LogP contribution in [0.25, 0.3) is 0 Å². The molecule has 6 atom stereocenters. The molecule has 1 heterocycles. The summed E-state index contributed by atoms with van der Waals surface area (Å²) in [5.74, 6) is -0.847. The van der Waals surface area contributed by atoms with Gasteiger partial charge in [0.15, 0.2) is 12.4 Å². The summed E-state index contributed by atoms with van der Waals surface area (Å²) in [5, 5.41) is 40.1. The second-order valence-corrected chi connectivity index (χ2v) is 16.6. The first-order valence-corrected chi connectivity index (χ1v) is 24.3. The first-order valence-electron chi connectivity index (χ1n) is 24.3. The maximum Gasteiger partial charge on any atom is 0.306 e. The molecule has 1 rings (SSSR count). The lowest BCUT2D eigenvalue weighted by Gasteiger charge is -2.39. The van der Waals surface area contributed by atoms with Crippen LogP contribution in [0.2, 0.25) is 0 Å². The van der Waals surface area contributed by atoms with E-state index in [-0.39, 0.29) is 32.0 Å². The van der Waals surface area contributed by atoms with Crippen LogP contribution < -0.4 is 0 Å². The molecule has 0 radical (unpaired) electrons. The largest absolute Gasteiger partial charge is 0.462 e. The molecule has 10 nitrogen and oxygen atoms in total. The zero-order valence-corrected chi connectivity index (χ0v) is 37.9. The normalized spacial score (nSPS) is 20.3. The monoisotopic (exact) mass is 849 g/mol. The Morgan fingerprint density at radius 1 is 0.533 bits per heavy atom. The number of unbranched alkanes of at least 4 members (excludes halogenated alkanes) is 24. The third-order valence-electron chi connectivity index (χ3n) is 11.1. The number of aliphatic hydroxyl groups excluding tert-OH is 4. The van der Waals surface area contributed by atoms with E-state index in [2.05, 4.69) is 26.0 Å². The fourth-order valence-corrected chi connectivity index (χ4v) is 7.26. The van der Waals surface area contributed by atoms with Gasteiger partial charge in [0.25, 0.3) is 0 Å². The molecule has 60 heavy (non-hydrogen) atoms. The minimum absolute atomic E-state index is 0.184. The van der Waals surface area contributed by atoms with Gasteiger partial charge >= 0.3 is 11.9 Å². The number of ether oxygens (including phenoxy) is 4. The van der Waals surface area contributed by atoms with Gasteiger partial charge in [0.1, 0.15) is 31.0 Å². The van der Waals surface area contributed by atoms with Crippen molar-refractivity contribution in [2.75, 3.05) is 19.8 Å². The second-order valence-electron chi connectivity index (χ2n) is 16.6. The molecule has 0 bridgehead atoms. The van der Waals surface area contributed by atoms with Crippen molar-refractivity contribution in [2.24, 2.45) is 0 Å². The van der Waals surface area contributed by atoms with Crippen molar-refractivity contribution in [1.82, 2.24) is 0 Å². The van der Waals surface area contributed by atoms with Gasteiger partial charge in [-0.2, -0.15) is 0 Å². The van der Waals surface area contributed by atoms with Gasteiger partial charge in [-0.15, -0.1) is 0 Å². The van der Waals surface area contributed by atoms with Gasteiger partial charge in [0.2, 0.25) is 0 Å². The Hall–Kier alpha value is -2.34. The highest BCUT2D eigenvalue weighted by molar-refractivity contribution is 5.70. The quantitative estimate of drug-likeness (QED) is 0.0266. The molecule has 1 aliphatic rings. The molecule has 1 fully saturated rings. The highest BCUT2D eigenvalue weighted by Gasteiger charge is 2.44. The van der Waals surface area contributed by atoms with Crippen LogP contribution >= 0.6 is 0 Å². The van der Waals surface area contributed by atoms with Gasteiger partial charge < -0.3 is 39.4 Å². The van der Waals surface area contributed by atoms with Crippen LogP contribution in [0.3, 0.4) is 0 Å². The van der Waals surface area contributed by atoms with E-state index < -0.39 is 49.4 Å². The molecule has 4 N–H and O–H groups in total. The van der Waals surface area contributed by atoms with E-state index in [0.717, 1.165) is 44.9 Å². The standard InChI is InChI=1S/C50H88O10/c1-3-5-7-9-11-13-15-17-18-19-20-21-22-23-24-25-27-28-30-32-34-36-38-45(52)57-41-43(42-58-50-49(56)48(55)47(54)44(40-51)60-50)59-46(53)39-37-35-33-31-29-26-16-14-12-10-8-6-4-2/h6,8,10,12,14,16,26,29,43-44,47-51,54-56H,3-5,7,9,11,13,15,17-25,27-28,30-42H2,1-2H3/b8-6+,12-10+,16-14+,29-26+/t43?,44-,47+,48?,49?,50-/m0/s1. The predicted molar refractivity (Wildman–Crippen MR) is 242 cm³/mol. The molecular weight excluding hydrogens is 761 g/mol. The molecule has 348 valence electrons. The lowest BCUT2D eigenvalue weighted by molar-refractivity contribution is -0.305. The summed E-state index contributed by atoms with van der Waals surface area (Å²) in [4.78, 5) is 25.3. The smallest absolute Gasteiger partial charge is 0.306 e. The number of aliphatic hydroxyl groups is 4. The Morgan fingerprint density at radius 3 is 1.48 bits per heavy atom. The van der Waals surface area contributed by atoms with E-state index >= 15 is 0 Å². The summed E-state index contributed by atoms with van der Waals surface area (Å²) in [6.45, 7) is 3.26. The molecule has 0 aromatic carbocycles. The fourth-order valence-electron chi connectivity index (χ4n) is 7.26. The minimum Gasteiger partial charge on any atom is -0.462 e. The van der Waals surface area contributed by atoms with Crippen LogP contribution in [0.1, 0.15) is 200 Å². The molecule has 0 saturated carbocycles. The Balaban J connectivity index is 2.25. The van der Waals surface area contributed by atoms with E-state index in [1.807, 2.05) is 36.5 Å². The summed E-state index contributed by atoms with van der Waals surface area (Å²) < 4.78 is 22.1. The second kappa shape index (κ2) is 40.7. The maximum atomic E-state index is 12.7. The molecule has 0 amide bonds. The van der Waals surface area contributed by atoms with Crippen molar-refractivity contribution >= 4 is 11.9 Å². The Labute approximate surface area is 365 Å². The highest BCUT2D eigenvalue weighted by Crippen LogP contribution is 2.23. The maximum absolute atomic E-state index is 12.7. The van der Waals surface area contributed by atoms with Crippen LogP contribution in [-0.2, 0) is 28.5 Å². The zero-order chi connectivity index (χ0) is 43.7. The number of carbonyl (C=O) groups is 2. The molecule has 1 saturated heterocycles. The average molecular weight is 849 g/mol. The van der Waals surface area contributed by atoms with Crippen molar-refractivity contribution in [3.63, 3.8) is 0 Å². The van der Waals surface area contributed by atoms with Gasteiger partial charge in [-0.25, -0.2) is 0 Å². The third-order valence-corrected chi connectivity index (χ3v) is 11.1. The topological polar surface area (TPSA) is 152 Å². The van der Waals surface area contributed by atoms with E-state index in [4.69, 9.17) is 18.9 Å². The van der Waals surface area contributed by atoms with Gasteiger partial charge in [0, 0.05) is 12.8 Å². The number of allylic oxidation sites excluding steroid dienone is 8. The summed E-state index contributed by atoms with van der Waals surface area (Å²) in [6, 6.07) is 0. The molecule has 10 heteroatoms. The molecule has 0 aromatic heterocycles. The Kier molecular flexibility index (Phi) is 37.8. The van der Waals surface area contributed by atoms with Gasteiger partial charge in [-0.05, 0) is 32.1 Å². The van der Waals surface area contributed by atoms with E-state index in [0.29, 0.717) is 6.42 Å². The van der Waals surface area contributed by atoms with Crippen LogP contribution in [0, 0.1) is 0 Å². The summed E-state index contributed by atoms with van der Waals surface area (Å²) >= 11 is 0. The molecule has 1 aliphatic heterocycles. The fraction of sp³-hybridized carbons (Fsp3) is 0.800. The van der Waals surface area contributed by atoms with E-state index in [1.54, 1.807) is 0 Å². The summed E-state index contributed by atoms with van der Waals surface area (Å²) in [5.41, 5.74) is 0. The Bertz CT molecular complexity index is 1120. The summed E-state index contributed by atoms with van der Waals surface area (Å²) in [7, 11) is 0. The molecule has 3 unspecified atom stereocenters. The predicted octanol–water partition coefficient (Wildman–Crippen LogP) is 10.8. The van der Waals surface area contributed by atoms with Crippen molar-refractivity contribution < 1.29 is 49.0 Å². The lowest BCUT2D eigenvalue weighted by atomic mass is 9.99. The van der Waals surface area contributed by atoms with Gasteiger partial charge in [-0.1, -0.05) is 204 Å². The first kappa shape index (κ1) is 55.7. The average Bonchev–Trinajstić information content (AvgIpc) is 3.25. The van der Waals surface area contributed by atoms with E-state index in [9.17, 15) is 30.0 Å². The van der Waals surface area contributed by atoms with Crippen molar-refractivity contribution in [1.29, 1.82) is 0 Å². The van der Waals surface area contributed by atoms with Crippen LogP contribution in [0.15, 0.2) is 48.6 Å². The number of carbonyl (C=O) groups excluding carboxylic acids is 2. The molecule has 0 aliphatic carbocycles. The highest BCUT2D eigenvalue weighted by atomic mass is 16.7. The van der Waals surface area contributed by atoms with Crippen molar-refractivity contribution in [3.05, 3.63) is 48.6 Å². The van der Waals surface area contributed by atoms with Crippen molar-refractivity contribution in [2.45, 2.75) is 237 Å². The van der Waals surface area contributed by atoms with Crippen molar-refractivity contribution in [3.8, 4) is 0 Å². The molecule has 0 aromatic rings. The van der Waals surface area contributed by atoms with Crippen LogP contribution in [0.4, 0.5) is 0 Å². The first-order chi connectivity index (χ1) is 29.3. The summed E-state index contributed by atoms with van der Waals surface area (Å²) in [6.07, 6.45) is 41.3. The zero-order valence-electron chi connectivity index (χ0n) is 37.9. The number of hydrogen-bond acceptors (Lipinski definition) is 10. The van der Waals surface area contributed by atoms with E-state index in [1.165, 1.54) is 122 Å². The number of rotatable bonds is 40.